The predicted octanol–water partition coefficient (Wildman–Crippen LogP) is 8.36. The van der Waals surface area contributed by atoms with Crippen molar-refractivity contribution in [3.8, 4) is 11.3 Å². The molecular formula is C33H34FN3. The van der Waals surface area contributed by atoms with Crippen molar-refractivity contribution in [2.75, 3.05) is 5.32 Å². The van der Waals surface area contributed by atoms with Crippen molar-refractivity contribution in [1.82, 2.24) is 9.97 Å². The lowest BCUT2D eigenvalue weighted by Gasteiger charge is -2.34. The topological polar surface area (TPSA) is 37.8 Å². The van der Waals surface area contributed by atoms with Crippen LogP contribution in [-0.4, -0.2) is 9.97 Å². The second-order valence-corrected chi connectivity index (χ2v) is 10.7. The maximum atomic E-state index is 14.9. The van der Waals surface area contributed by atoms with E-state index in [1.165, 1.54) is 11.1 Å². The number of benzene rings is 2. The van der Waals surface area contributed by atoms with Crippen LogP contribution < -0.4 is 5.32 Å². The summed E-state index contributed by atoms with van der Waals surface area (Å²) in [5.41, 5.74) is 7.90. The average Bonchev–Trinajstić information content (AvgIpc) is 3.38. The summed E-state index contributed by atoms with van der Waals surface area (Å²) in [6.07, 6.45) is 17.1. The molecule has 4 heteroatoms. The highest BCUT2D eigenvalue weighted by Gasteiger charge is 2.29. The number of nitrogens with one attached hydrogen (secondary N) is 1. The molecule has 0 saturated heterocycles. The Morgan fingerprint density at radius 1 is 1.11 bits per heavy atom. The molecule has 0 fully saturated rings. The van der Waals surface area contributed by atoms with Crippen LogP contribution in [0.25, 0.3) is 11.3 Å². The number of nitrogens with zero attached hydrogens (tertiary/aromatic N) is 2. The van der Waals surface area contributed by atoms with Crippen molar-refractivity contribution in [1.29, 1.82) is 0 Å². The lowest BCUT2D eigenvalue weighted by Crippen LogP contribution is -2.23. The van der Waals surface area contributed by atoms with Crippen LogP contribution in [0.5, 0.6) is 0 Å². The van der Waals surface area contributed by atoms with Crippen LogP contribution in [0.3, 0.4) is 0 Å². The van der Waals surface area contributed by atoms with Crippen LogP contribution in [0.15, 0.2) is 102 Å². The summed E-state index contributed by atoms with van der Waals surface area (Å²) in [5.74, 6) is 0.435. The monoisotopic (exact) mass is 491 g/mol. The van der Waals surface area contributed by atoms with E-state index in [9.17, 15) is 4.39 Å². The summed E-state index contributed by atoms with van der Waals surface area (Å²) in [7, 11) is 0. The minimum Gasteiger partial charge on any atom is -0.338 e. The normalized spacial score (nSPS) is 16.3. The van der Waals surface area contributed by atoms with E-state index in [2.05, 4.69) is 68.6 Å². The third-order valence-corrected chi connectivity index (χ3v) is 6.84. The van der Waals surface area contributed by atoms with Crippen molar-refractivity contribution in [3.05, 3.63) is 125 Å². The van der Waals surface area contributed by atoms with E-state index in [1.54, 1.807) is 12.3 Å². The first-order valence-corrected chi connectivity index (χ1v) is 13.2. The van der Waals surface area contributed by atoms with Gasteiger partial charge in [-0.25, -0.2) is 14.4 Å². The quantitative estimate of drug-likeness (QED) is 0.327. The Kier molecular flexibility index (Phi) is 7.18. The third-order valence-electron chi connectivity index (χ3n) is 6.84. The minimum absolute atomic E-state index is 0.196. The third kappa shape index (κ3) is 5.96. The molecule has 0 aliphatic heterocycles. The fraction of sp³-hybridized carbons (Fsp3) is 0.273. The number of hydrogen-bond donors (Lipinski definition) is 1. The summed E-state index contributed by atoms with van der Waals surface area (Å²) in [4.78, 5) is 9.79. The van der Waals surface area contributed by atoms with Gasteiger partial charge in [0.15, 0.2) is 5.82 Å². The standard InChI is InChI=1S/C33H34FN3/c1-4-10-23-15-16-28(34)27(17-23)31-22-35-32(30(36-31)19-25-11-6-5-7-12-25)37-29(18-24-13-8-9-14-24)26-20-33(2,3)21-26/h5-9,11-13,15-18,20,22H,4,10,14,19,21H2,1-3H3,(H,35,37)/b29-18-. The van der Waals surface area contributed by atoms with Gasteiger partial charge in [0.25, 0.3) is 0 Å². The Labute approximate surface area is 219 Å². The number of halogens is 1. The van der Waals surface area contributed by atoms with Gasteiger partial charge in [-0.15, -0.1) is 0 Å². The van der Waals surface area contributed by atoms with Gasteiger partial charge >= 0.3 is 0 Å². The van der Waals surface area contributed by atoms with Gasteiger partial charge in [-0.05, 0) is 65.2 Å². The molecule has 2 aromatic carbocycles. The molecule has 2 aliphatic rings. The molecule has 188 valence electrons. The first kappa shape index (κ1) is 24.9. The number of anilines is 1. The lowest BCUT2D eigenvalue weighted by atomic mass is 9.73. The summed E-state index contributed by atoms with van der Waals surface area (Å²) in [6.45, 7) is 6.63. The van der Waals surface area contributed by atoms with E-state index in [1.807, 2.05) is 30.3 Å². The fourth-order valence-electron chi connectivity index (χ4n) is 4.99. The van der Waals surface area contributed by atoms with E-state index >= 15 is 0 Å². The Morgan fingerprint density at radius 3 is 2.62 bits per heavy atom. The maximum Gasteiger partial charge on any atom is 0.152 e. The van der Waals surface area contributed by atoms with Crippen molar-refractivity contribution in [2.45, 2.75) is 52.9 Å². The van der Waals surface area contributed by atoms with E-state index in [4.69, 9.17) is 9.97 Å². The van der Waals surface area contributed by atoms with Gasteiger partial charge in [-0.2, -0.15) is 0 Å². The predicted molar refractivity (Wildman–Crippen MR) is 151 cm³/mol. The molecule has 0 atom stereocenters. The number of allylic oxidation sites excluding steroid dienone is 7. The molecule has 0 saturated carbocycles. The molecule has 0 bridgehead atoms. The molecule has 1 heterocycles. The van der Waals surface area contributed by atoms with Gasteiger partial charge in [-0.1, -0.05) is 87.9 Å². The molecule has 3 aromatic rings. The molecule has 37 heavy (non-hydrogen) atoms. The van der Waals surface area contributed by atoms with Crippen LogP contribution in [0.4, 0.5) is 10.2 Å². The SMILES string of the molecule is CCCc1ccc(F)c(-c2cnc(N/C(=C\C3=CC=CC3)C3=CC(C)(C)C3)c(Cc3ccccc3)n2)c1. The molecule has 3 nitrogen and oxygen atoms in total. The first-order chi connectivity index (χ1) is 17.9. The number of rotatable bonds is 9. The van der Waals surface area contributed by atoms with Crippen LogP contribution >= 0.6 is 0 Å². The van der Waals surface area contributed by atoms with Gasteiger partial charge in [0, 0.05) is 17.7 Å². The Morgan fingerprint density at radius 2 is 1.92 bits per heavy atom. The molecule has 0 unspecified atom stereocenters. The van der Waals surface area contributed by atoms with E-state index in [-0.39, 0.29) is 11.2 Å². The van der Waals surface area contributed by atoms with Crippen molar-refractivity contribution < 1.29 is 4.39 Å². The van der Waals surface area contributed by atoms with Crippen LogP contribution in [0.1, 0.15) is 56.9 Å². The lowest BCUT2D eigenvalue weighted by molar-refractivity contribution is 0.423. The minimum atomic E-state index is -0.274. The first-order valence-electron chi connectivity index (χ1n) is 13.2. The second kappa shape index (κ2) is 10.7. The zero-order valence-corrected chi connectivity index (χ0v) is 21.9. The molecule has 2 aliphatic carbocycles. The largest absolute Gasteiger partial charge is 0.338 e. The van der Waals surface area contributed by atoms with Crippen molar-refractivity contribution in [3.63, 3.8) is 0 Å². The highest BCUT2D eigenvalue weighted by molar-refractivity contribution is 5.64. The van der Waals surface area contributed by atoms with Gasteiger partial charge in [-0.3, -0.25) is 0 Å². The molecule has 1 aromatic heterocycles. The molecule has 0 radical (unpaired) electrons. The number of hydrogen-bond acceptors (Lipinski definition) is 3. The summed E-state index contributed by atoms with van der Waals surface area (Å²) in [5, 5.41) is 3.62. The van der Waals surface area contributed by atoms with Gasteiger partial charge < -0.3 is 5.32 Å². The average molecular weight is 492 g/mol. The highest BCUT2D eigenvalue weighted by atomic mass is 19.1. The molecule has 5 rings (SSSR count). The van der Waals surface area contributed by atoms with E-state index < -0.39 is 0 Å². The highest BCUT2D eigenvalue weighted by Crippen LogP contribution is 2.42. The van der Waals surface area contributed by atoms with Gasteiger partial charge in [0.2, 0.25) is 0 Å². The smallest absolute Gasteiger partial charge is 0.152 e. The van der Waals surface area contributed by atoms with E-state index in [0.717, 1.165) is 48.2 Å². The molecule has 0 amide bonds. The number of aromatic nitrogens is 2. The zero-order chi connectivity index (χ0) is 25.8. The summed E-state index contributed by atoms with van der Waals surface area (Å²) < 4.78 is 14.9. The summed E-state index contributed by atoms with van der Waals surface area (Å²) >= 11 is 0. The molecule has 0 spiro atoms. The Balaban J connectivity index is 1.54. The number of aryl methyl sites for hydroxylation is 1. The van der Waals surface area contributed by atoms with E-state index in [0.29, 0.717) is 23.5 Å². The molecule has 1 N–H and O–H groups in total. The Bertz CT molecular complexity index is 1410. The maximum absolute atomic E-state index is 14.9. The van der Waals surface area contributed by atoms with Gasteiger partial charge in [0.1, 0.15) is 5.82 Å². The molecular weight excluding hydrogens is 457 g/mol. The Hall–Kier alpha value is -3.79. The van der Waals surface area contributed by atoms with Crippen LogP contribution in [-0.2, 0) is 12.8 Å². The zero-order valence-electron chi connectivity index (χ0n) is 21.9. The van der Waals surface area contributed by atoms with Crippen LogP contribution in [0, 0.1) is 11.2 Å². The fourth-order valence-corrected chi connectivity index (χ4v) is 4.99. The van der Waals surface area contributed by atoms with Crippen LogP contribution in [0.2, 0.25) is 0 Å². The van der Waals surface area contributed by atoms with Gasteiger partial charge in [0.05, 0.1) is 17.6 Å². The van der Waals surface area contributed by atoms with Crippen molar-refractivity contribution in [2.24, 2.45) is 5.41 Å². The summed E-state index contributed by atoms with van der Waals surface area (Å²) in [6, 6.07) is 15.5. The second-order valence-electron chi connectivity index (χ2n) is 10.7. The van der Waals surface area contributed by atoms with Crippen molar-refractivity contribution >= 4 is 5.82 Å².